The summed E-state index contributed by atoms with van der Waals surface area (Å²) in [6, 6.07) is 2.27. The van der Waals surface area contributed by atoms with E-state index in [2.05, 4.69) is 10.1 Å². The van der Waals surface area contributed by atoms with Gasteiger partial charge in [-0.25, -0.2) is 0 Å². The van der Waals surface area contributed by atoms with Crippen molar-refractivity contribution in [2.75, 3.05) is 0 Å². The van der Waals surface area contributed by atoms with Crippen LogP contribution in [0.25, 0.3) is 10.9 Å². The van der Waals surface area contributed by atoms with Gasteiger partial charge in [0.25, 0.3) is 11.1 Å². The normalized spacial score (nSPS) is 12.9. The number of alkyl halides is 3. The van der Waals surface area contributed by atoms with Crippen molar-refractivity contribution in [3.05, 3.63) is 50.0 Å². The van der Waals surface area contributed by atoms with Crippen LogP contribution >= 0.6 is 0 Å². The van der Waals surface area contributed by atoms with Crippen LogP contribution in [0.5, 0.6) is 0 Å². The van der Waals surface area contributed by atoms with E-state index in [0.29, 0.717) is 12.1 Å². The van der Waals surface area contributed by atoms with Crippen LogP contribution in [0.2, 0.25) is 0 Å². The van der Waals surface area contributed by atoms with E-state index in [4.69, 9.17) is 5.21 Å². The molecule has 0 atom stereocenters. The Kier molecular flexibility index (Phi) is 2.89. The van der Waals surface area contributed by atoms with E-state index in [1.807, 2.05) is 4.98 Å². The predicted octanol–water partition coefficient (Wildman–Crippen LogP) is 0.525. The molecule has 3 N–H and O–H groups in total. The van der Waals surface area contributed by atoms with Gasteiger partial charge in [0.2, 0.25) is 5.49 Å². The van der Waals surface area contributed by atoms with Gasteiger partial charge in [-0.15, -0.1) is 0 Å². The van der Waals surface area contributed by atoms with Crippen LogP contribution in [0.3, 0.4) is 0 Å². The van der Waals surface area contributed by atoms with Crippen LogP contribution < -0.4 is 16.6 Å². The zero-order valence-electron chi connectivity index (χ0n) is 9.08. The second-order valence-corrected chi connectivity index (χ2v) is 3.61. The molecule has 1 aromatic carbocycles. The highest BCUT2D eigenvalue weighted by atomic mass is 19.4. The smallest absolute Gasteiger partial charge is 0.409 e. The lowest BCUT2D eigenvalue weighted by Crippen LogP contribution is -2.30. The number of halogens is 3. The first-order valence-electron chi connectivity index (χ1n) is 4.89. The highest BCUT2D eigenvalue weighted by Gasteiger charge is 2.30. The van der Waals surface area contributed by atoms with Crippen molar-refractivity contribution in [2.24, 2.45) is 5.16 Å². The first-order chi connectivity index (χ1) is 8.82. The van der Waals surface area contributed by atoms with Gasteiger partial charge in [-0.2, -0.15) is 13.2 Å². The van der Waals surface area contributed by atoms with Crippen molar-refractivity contribution < 1.29 is 18.4 Å². The minimum Gasteiger partial charge on any atom is -0.409 e. The van der Waals surface area contributed by atoms with Gasteiger partial charge in [-0.05, 0) is 18.2 Å². The zero-order valence-corrected chi connectivity index (χ0v) is 9.08. The molecule has 1 heterocycles. The highest BCUT2D eigenvalue weighted by Crippen LogP contribution is 2.29. The van der Waals surface area contributed by atoms with E-state index in [1.165, 1.54) is 0 Å². The summed E-state index contributed by atoms with van der Waals surface area (Å²) in [5.74, 6) is 0. The van der Waals surface area contributed by atoms with E-state index in [1.54, 1.807) is 0 Å². The molecule has 0 aliphatic rings. The average Bonchev–Trinajstić information content (AvgIpc) is 2.45. The largest absolute Gasteiger partial charge is 0.416 e. The molecule has 0 radical (unpaired) electrons. The third kappa shape index (κ3) is 2.34. The van der Waals surface area contributed by atoms with Gasteiger partial charge in [0.05, 0.1) is 16.5 Å². The molecule has 6 nitrogen and oxygen atoms in total. The summed E-state index contributed by atoms with van der Waals surface area (Å²) in [7, 11) is 0. The Bertz CT molecular complexity index is 820. The third-order valence-corrected chi connectivity index (χ3v) is 2.39. The van der Waals surface area contributed by atoms with Crippen molar-refractivity contribution >= 4 is 10.9 Å². The van der Waals surface area contributed by atoms with Gasteiger partial charge < -0.3 is 10.2 Å². The predicted molar refractivity (Wildman–Crippen MR) is 57.5 cm³/mol. The third-order valence-electron chi connectivity index (χ3n) is 2.39. The molecule has 0 aliphatic carbocycles. The number of rotatable bonds is 0. The van der Waals surface area contributed by atoms with Crippen LogP contribution in [0.4, 0.5) is 13.2 Å². The molecule has 0 amide bonds. The number of aromatic nitrogens is 2. The van der Waals surface area contributed by atoms with Crippen LogP contribution in [0, 0.1) is 0 Å². The molecule has 0 fully saturated rings. The van der Waals surface area contributed by atoms with E-state index in [9.17, 15) is 22.8 Å². The number of aromatic amines is 2. The SMILES string of the molecule is O=c1[nH]c2cc(C(F)(F)F)ccc2c(=O)[nH]c1=NO. The summed E-state index contributed by atoms with van der Waals surface area (Å²) < 4.78 is 37.6. The maximum Gasteiger partial charge on any atom is 0.416 e. The lowest BCUT2D eigenvalue weighted by Gasteiger charge is -2.05. The summed E-state index contributed by atoms with van der Waals surface area (Å²) >= 11 is 0. The molecule has 0 unspecified atom stereocenters. The second-order valence-electron chi connectivity index (χ2n) is 3.61. The monoisotopic (exact) mass is 273 g/mol. The molecule has 0 saturated heterocycles. The van der Waals surface area contributed by atoms with Crippen LogP contribution in [0.15, 0.2) is 32.9 Å². The molecule has 1 aromatic heterocycles. The Morgan fingerprint density at radius 2 is 1.79 bits per heavy atom. The molecule has 100 valence electrons. The number of fused-ring (bicyclic) bond motifs is 1. The van der Waals surface area contributed by atoms with E-state index >= 15 is 0 Å². The minimum absolute atomic E-state index is 0.167. The summed E-state index contributed by atoms with van der Waals surface area (Å²) in [6.45, 7) is 0. The summed E-state index contributed by atoms with van der Waals surface area (Å²) in [5, 5.41) is 10.9. The molecule has 9 heteroatoms. The number of H-pyrrole nitrogens is 2. The van der Waals surface area contributed by atoms with Crippen LogP contribution in [-0.4, -0.2) is 15.2 Å². The molecule has 19 heavy (non-hydrogen) atoms. The average molecular weight is 273 g/mol. The maximum atomic E-state index is 12.5. The van der Waals surface area contributed by atoms with Gasteiger partial charge in [0.1, 0.15) is 0 Å². The Hall–Kier alpha value is -2.58. The standard InChI is InChI=1S/C10H6F3N3O3/c11-10(12,13)4-1-2-5-6(3-4)14-9(18)7(16-19)15-8(5)17/h1-3,19H,(H2,14,15,16,17,18). The van der Waals surface area contributed by atoms with Crippen molar-refractivity contribution in [1.29, 1.82) is 0 Å². The molecule has 0 saturated carbocycles. The number of hydrogen-bond acceptors (Lipinski definition) is 4. The van der Waals surface area contributed by atoms with E-state index in [0.717, 1.165) is 6.07 Å². The van der Waals surface area contributed by atoms with Gasteiger partial charge in [0, 0.05) is 0 Å². The molecule has 0 spiro atoms. The lowest BCUT2D eigenvalue weighted by atomic mass is 10.1. The minimum atomic E-state index is -4.60. The Morgan fingerprint density at radius 1 is 1.11 bits per heavy atom. The van der Waals surface area contributed by atoms with Gasteiger partial charge in [-0.1, -0.05) is 5.16 Å². The summed E-state index contributed by atoms with van der Waals surface area (Å²) in [4.78, 5) is 27.0. The molecular weight excluding hydrogens is 267 g/mol. The molecule has 0 aliphatic heterocycles. The van der Waals surface area contributed by atoms with Crippen LogP contribution in [-0.2, 0) is 6.18 Å². The molecule has 0 bridgehead atoms. The zero-order chi connectivity index (χ0) is 14.2. The fraction of sp³-hybridized carbons (Fsp3) is 0.100. The first kappa shape index (κ1) is 12.9. The fourth-order valence-corrected chi connectivity index (χ4v) is 1.51. The van der Waals surface area contributed by atoms with Gasteiger partial charge in [-0.3, -0.25) is 14.6 Å². The Labute approximate surface area is 101 Å². The number of nitrogens with zero attached hydrogens (tertiary/aromatic N) is 1. The molecular formula is C10H6F3N3O3. The Balaban J connectivity index is 2.97. The topological polar surface area (TPSA) is 98.3 Å². The number of hydrogen-bond donors (Lipinski definition) is 3. The fourth-order valence-electron chi connectivity index (χ4n) is 1.51. The lowest BCUT2D eigenvalue weighted by molar-refractivity contribution is -0.137. The molecule has 2 rings (SSSR count). The van der Waals surface area contributed by atoms with E-state index in [-0.39, 0.29) is 10.9 Å². The number of nitrogens with one attached hydrogen (secondary N) is 2. The summed E-state index contributed by atoms with van der Waals surface area (Å²) in [5.41, 5.74) is -3.89. The van der Waals surface area contributed by atoms with Gasteiger partial charge >= 0.3 is 6.18 Å². The number of benzene rings is 1. The maximum absolute atomic E-state index is 12.5. The second kappa shape index (κ2) is 4.26. The van der Waals surface area contributed by atoms with Crippen molar-refractivity contribution in [3.8, 4) is 0 Å². The quantitative estimate of drug-likeness (QED) is 0.482. The Morgan fingerprint density at radius 3 is 2.37 bits per heavy atom. The van der Waals surface area contributed by atoms with Crippen molar-refractivity contribution in [2.45, 2.75) is 6.18 Å². The van der Waals surface area contributed by atoms with Gasteiger partial charge in [0.15, 0.2) is 0 Å². The van der Waals surface area contributed by atoms with Crippen molar-refractivity contribution in [1.82, 2.24) is 9.97 Å². The first-order valence-corrected chi connectivity index (χ1v) is 4.89. The molecule has 2 aromatic rings. The van der Waals surface area contributed by atoms with E-state index < -0.39 is 28.3 Å². The van der Waals surface area contributed by atoms with Crippen LogP contribution in [0.1, 0.15) is 5.56 Å². The van der Waals surface area contributed by atoms with Crippen molar-refractivity contribution in [3.63, 3.8) is 0 Å². The summed E-state index contributed by atoms with van der Waals surface area (Å²) in [6.07, 6.45) is -4.60. The highest BCUT2D eigenvalue weighted by molar-refractivity contribution is 5.77.